The molecule has 0 aromatic carbocycles. The summed E-state index contributed by atoms with van der Waals surface area (Å²) in [5.74, 6) is 0.374. The molecular weight excluding hydrogens is 204 g/mol. The first-order valence-corrected chi connectivity index (χ1v) is 5.06. The van der Waals surface area contributed by atoms with Crippen LogP contribution < -0.4 is 5.73 Å². The monoisotopic (exact) mass is 218 g/mol. The Hall–Kier alpha value is -1.98. The van der Waals surface area contributed by atoms with Gasteiger partial charge in [-0.3, -0.25) is 0 Å². The molecule has 3 N–H and O–H groups in total. The van der Waals surface area contributed by atoms with Gasteiger partial charge in [0.25, 0.3) is 0 Å². The largest absolute Gasteiger partial charge is 0.383 e. The van der Waals surface area contributed by atoms with Crippen molar-refractivity contribution >= 4 is 22.6 Å². The van der Waals surface area contributed by atoms with Crippen molar-refractivity contribution in [2.24, 2.45) is 0 Å². The van der Waals surface area contributed by atoms with Gasteiger partial charge >= 0.3 is 0 Å². The van der Waals surface area contributed by atoms with Crippen LogP contribution in [0.2, 0.25) is 0 Å². The molecule has 2 rings (SSSR count). The molecule has 0 aliphatic carbocycles. The summed E-state index contributed by atoms with van der Waals surface area (Å²) in [6.07, 6.45) is 1.42. The molecule has 2 aromatic rings. The summed E-state index contributed by atoms with van der Waals surface area (Å²) in [6, 6.07) is 0.171. The quantitative estimate of drug-likeness (QED) is 0.744. The van der Waals surface area contributed by atoms with Crippen LogP contribution in [0.1, 0.15) is 32.5 Å². The topological polar surface area (TPSA) is 93.5 Å². The van der Waals surface area contributed by atoms with Crippen LogP contribution >= 0.6 is 0 Å². The molecule has 6 nitrogen and oxygen atoms in total. The number of hydrogen-bond donors (Lipinski definition) is 2. The van der Waals surface area contributed by atoms with Crippen molar-refractivity contribution < 1.29 is 0 Å². The predicted molar refractivity (Wildman–Crippen MR) is 62.6 cm³/mol. The molecule has 0 atom stereocenters. The van der Waals surface area contributed by atoms with Crippen molar-refractivity contribution in [1.82, 2.24) is 19.7 Å². The van der Waals surface area contributed by atoms with Gasteiger partial charge in [0.05, 0.1) is 11.1 Å². The summed E-state index contributed by atoms with van der Waals surface area (Å²) in [5, 5.41) is 12.7. The summed E-state index contributed by atoms with van der Waals surface area (Å²) in [4.78, 5) is 8.12. The van der Waals surface area contributed by atoms with E-state index in [1.54, 1.807) is 11.6 Å². The van der Waals surface area contributed by atoms with E-state index in [0.717, 1.165) is 0 Å². The lowest BCUT2D eigenvalue weighted by Gasteiger charge is -2.05. The number of nitrogen functional groups attached to an aromatic ring is 1. The predicted octanol–water partition coefficient (Wildman–Crippen LogP) is 1.38. The number of anilines is 1. The average Bonchev–Trinajstić information content (AvgIpc) is 2.58. The van der Waals surface area contributed by atoms with Gasteiger partial charge in [-0.25, -0.2) is 14.6 Å². The van der Waals surface area contributed by atoms with Gasteiger partial charge in [0.2, 0.25) is 0 Å². The molecule has 0 spiro atoms. The van der Waals surface area contributed by atoms with Crippen LogP contribution in [0.5, 0.6) is 0 Å². The number of aromatic nitrogens is 4. The number of nitrogens with one attached hydrogen (secondary N) is 1. The zero-order chi connectivity index (χ0) is 11.9. The minimum atomic E-state index is 0.171. The molecule has 0 amide bonds. The van der Waals surface area contributed by atoms with Crippen LogP contribution in [0.15, 0.2) is 6.33 Å². The van der Waals surface area contributed by atoms with Gasteiger partial charge in [-0.2, -0.15) is 5.10 Å². The molecule has 6 heteroatoms. The molecule has 0 aliphatic rings. The third kappa shape index (κ3) is 1.42. The van der Waals surface area contributed by atoms with Gasteiger partial charge in [-0.05, 0) is 20.8 Å². The molecule has 2 heterocycles. The van der Waals surface area contributed by atoms with Crippen LogP contribution in [0, 0.1) is 5.41 Å². The lowest BCUT2D eigenvalue weighted by atomic mass is 10.2. The van der Waals surface area contributed by atoms with Gasteiger partial charge in [0, 0.05) is 6.04 Å². The van der Waals surface area contributed by atoms with E-state index in [2.05, 4.69) is 15.1 Å². The van der Waals surface area contributed by atoms with Crippen LogP contribution in [0.3, 0.4) is 0 Å². The van der Waals surface area contributed by atoms with Crippen molar-refractivity contribution in [3.63, 3.8) is 0 Å². The summed E-state index contributed by atoms with van der Waals surface area (Å²) in [7, 11) is 0. The highest BCUT2D eigenvalue weighted by molar-refractivity contribution is 6.08. The number of nitrogens with zero attached hydrogens (tertiary/aromatic N) is 4. The lowest BCUT2D eigenvalue weighted by molar-refractivity contribution is 0.545. The van der Waals surface area contributed by atoms with E-state index in [0.29, 0.717) is 28.3 Å². The van der Waals surface area contributed by atoms with Gasteiger partial charge < -0.3 is 11.1 Å². The molecule has 0 unspecified atom stereocenters. The van der Waals surface area contributed by atoms with Crippen molar-refractivity contribution in [3.05, 3.63) is 12.0 Å². The van der Waals surface area contributed by atoms with Crippen LogP contribution in [0.25, 0.3) is 11.0 Å². The van der Waals surface area contributed by atoms with Crippen molar-refractivity contribution in [3.8, 4) is 0 Å². The molecule has 84 valence electrons. The zero-order valence-corrected chi connectivity index (χ0v) is 9.52. The van der Waals surface area contributed by atoms with Crippen LogP contribution in [-0.4, -0.2) is 25.5 Å². The first-order chi connectivity index (χ1) is 7.52. The van der Waals surface area contributed by atoms with Crippen molar-refractivity contribution in [2.45, 2.75) is 26.8 Å². The summed E-state index contributed by atoms with van der Waals surface area (Å²) >= 11 is 0. The lowest BCUT2D eigenvalue weighted by Crippen LogP contribution is -2.05. The van der Waals surface area contributed by atoms with E-state index in [9.17, 15) is 0 Å². The van der Waals surface area contributed by atoms with Crippen LogP contribution in [-0.2, 0) is 0 Å². The molecular formula is C10H14N6. The maximum absolute atomic E-state index is 7.68. The minimum Gasteiger partial charge on any atom is -0.383 e. The average molecular weight is 218 g/mol. The molecule has 0 fully saturated rings. The third-order valence-corrected chi connectivity index (χ3v) is 2.36. The molecule has 0 aliphatic heterocycles. The Labute approximate surface area is 93.0 Å². The van der Waals surface area contributed by atoms with Gasteiger partial charge in [0.1, 0.15) is 17.8 Å². The second kappa shape index (κ2) is 3.55. The smallest absolute Gasteiger partial charge is 0.164 e. The van der Waals surface area contributed by atoms with E-state index in [4.69, 9.17) is 11.1 Å². The van der Waals surface area contributed by atoms with Gasteiger partial charge in [-0.1, -0.05) is 0 Å². The maximum Gasteiger partial charge on any atom is 0.164 e. The standard InChI is InChI=1S/C10H14N6/c1-5(2)16-10-7(8(15-16)6(3)11)9(12)13-4-14-10/h4-5,11H,1-3H3,(H2,12,13,14). The fourth-order valence-corrected chi connectivity index (χ4v) is 1.62. The summed E-state index contributed by atoms with van der Waals surface area (Å²) < 4.78 is 1.76. The number of rotatable bonds is 2. The van der Waals surface area contributed by atoms with E-state index in [1.165, 1.54) is 6.33 Å². The highest BCUT2D eigenvalue weighted by Gasteiger charge is 2.17. The maximum atomic E-state index is 7.68. The van der Waals surface area contributed by atoms with E-state index < -0.39 is 0 Å². The van der Waals surface area contributed by atoms with E-state index in [1.807, 2.05) is 13.8 Å². The Balaban J connectivity index is 2.87. The van der Waals surface area contributed by atoms with E-state index >= 15 is 0 Å². The number of fused-ring (bicyclic) bond motifs is 1. The Bertz CT molecular complexity index is 554. The molecule has 16 heavy (non-hydrogen) atoms. The van der Waals surface area contributed by atoms with E-state index in [-0.39, 0.29) is 6.04 Å². The molecule has 0 saturated heterocycles. The fraction of sp³-hybridized carbons (Fsp3) is 0.400. The Morgan fingerprint density at radius 2 is 2.12 bits per heavy atom. The Kier molecular flexibility index (Phi) is 2.34. The van der Waals surface area contributed by atoms with Crippen molar-refractivity contribution in [1.29, 1.82) is 5.41 Å². The first-order valence-electron chi connectivity index (χ1n) is 5.06. The van der Waals surface area contributed by atoms with Crippen molar-refractivity contribution in [2.75, 3.05) is 5.73 Å². The molecule has 0 saturated carbocycles. The molecule has 0 radical (unpaired) electrons. The number of nitrogens with two attached hydrogens (primary N) is 1. The minimum absolute atomic E-state index is 0.171. The molecule has 0 bridgehead atoms. The molecule has 2 aromatic heterocycles. The summed E-state index contributed by atoms with van der Waals surface area (Å²) in [6.45, 7) is 5.69. The third-order valence-electron chi connectivity index (χ3n) is 2.36. The van der Waals surface area contributed by atoms with Gasteiger partial charge in [0.15, 0.2) is 5.65 Å². The second-order valence-corrected chi connectivity index (χ2v) is 3.97. The first kappa shape index (κ1) is 10.5. The SMILES string of the molecule is CC(=N)c1nn(C(C)C)c2ncnc(N)c12. The Morgan fingerprint density at radius 1 is 1.44 bits per heavy atom. The normalized spacial score (nSPS) is 11.2. The zero-order valence-electron chi connectivity index (χ0n) is 9.52. The fourth-order valence-electron chi connectivity index (χ4n) is 1.62. The summed E-state index contributed by atoms with van der Waals surface area (Å²) in [5.41, 5.74) is 7.42. The van der Waals surface area contributed by atoms with Gasteiger partial charge in [-0.15, -0.1) is 0 Å². The number of hydrogen-bond acceptors (Lipinski definition) is 5. The van der Waals surface area contributed by atoms with Crippen LogP contribution in [0.4, 0.5) is 5.82 Å². The second-order valence-electron chi connectivity index (χ2n) is 3.97. The highest BCUT2D eigenvalue weighted by Crippen LogP contribution is 2.23. The Morgan fingerprint density at radius 3 is 2.69 bits per heavy atom. The highest BCUT2D eigenvalue weighted by atomic mass is 15.3.